The van der Waals surface area contributed by atoms with Gasteiger partial charge < -0.3 is 10.4 Å². The minimum Gasteiger partial charge on any atom is -0.478 e. The van der Waals surface area contributed by atoms with Gasteiger partial charge in [0.25, 0.3) is 5.69 Å². The normalized spacial score (nSPS) is 10.2. The van der Waals surface area contributed by atoms with E-state index in [1.54, 1.807) is 6.92 Å². The number of nitrogens with one attached hydrogen (secondary N) is 1. The van der Waals surface area contributed by atoms with Crippen molar-refractivity contribution in [1.82, 2.24) is 0 Å². The second-order valence-electron chi connectivity index (χ2n) is 4.35. The van der Waals surface area contributed by atoms with Crippen LogP contribution in [0.25, 0.3) is 0 Å². The van der Waals surface area contributed by atoms with E-state index in [9.17, 15) is 19.3 Å². The van der Waals surface area contributed by atoms with Gasteiger partial charge in [0, 0.05) is 17.3 Å². The number of halogens is 1. The molecule has 0 amide bonds. The molecule has 108 valence electrons. The smallest absolute Gasteiger partial charge is 0.337 e. The van der Waals surface area contributed by atoms with Crippen LogP contribution in [0.4, 0.5) is 21.5 Å². The van der Waals surface area contributed by atoms with Crippen molar-refractivity contribution in [2.75, 3.05) is 5.32 Å². The summed E-state index contributed by atoms with van der Waals surface area (Å²) >= 11 is 0. The van der Waals surface area contributed by atoms with Crippen molar-refractivity contribution in [3.8, 4) is 0 Å². The van der Waals surface area contributed by atoms with E-state index in [1.165, 1.54) is 30.3 Å². The maximum absolute atomic E-state index is 13.8. The number of aromatic carboxylic acids is 1. The highest BCUT2D eigenvalue weighted by Gasteiger charge is 2.16. The molecule has 2 rings (SSSR count). The Morgan fingerprint density at radius 2 is 2.05 bits per heavy atom. The zero-order valence-corrected chi connectivity index (χ0v) is 11.0. The van der Waals surface area contributed by atoms with E-state index in [-0.39, 0.29) is 22.6 Å². The monoisotopic (exact) mass is 290 g/mol. The van der Waals surface area contributed by atoms with Crippen molar-refractivity contribution in [1.29, 1.82) is 0 Å². The minimum absolute atomic E-state index is 0.131. The number of para-hydroxylation sites is 1. The van der Waals surface area contributed by atoms with Crippen LogP contribution in [0.5, 0.6) is 0 Å². The predicted octanol–water partition coefficient (Wildman–Crippen LogP) is 3.48. The lowest BCUT2D eigenvalue weighted by atomic mass is 10.1. The van der Waals surface area contributed by atoms with Gasteiger partial charge in [0.05, 0.1) is 16.2 Å². The molecular formula is C14H11FN2O4. The largest absolute Gasteiger partial charge is 0.478 e. The van der Waals surface area contributed by atoms with Gasteiger partial charge in [0.15, 0.2) is 0 Å². The zero-order chi connectivity index (χ0) is 15.6. The number of nitro groups is 1. The Morgan fingerprint density at radius 3 is 2.67 bits per heavy atom. The molecule has 0 aliphatic rings. The molecule has 2 N–H and O–H groups in total. The van der Waals surface area contributed by atoms with Gasteiger partial charge in [-0.3, -0.25) is 10.1 Å². The number of carboxylic acid groups (broad SMARTS) is 1. The average molecular weight is 290 g/mol. The molecule has 0 saturated heterocycles. The fourth-order valence-electron chi connectivity index (χ4n) is 1.86. The summed E-state index contributed by atoms with van der Waals surface area (Å²) in [6.07, 6.45) is 0. The van der Waals surface area contributed by atoms with Crippen LogP contribution < -0.4 is 5.32 Å². The van der Waals surface area contributed by atoms with Crippen molar-refractivity contribution in [3.05, 3.63) is 63.5 Å². The number of benzene rings is 2. The third kappa shape index (κ3) is 2.97. The molecule has 0 radical (unpaired) electrons. The van der Waals surface area contributed by atoms with Crippen LogP contribution in [0.3, 0.4) is 0 Å². The van der Waals surface area contributed by atoms with Crippen molar-refractivity contribution >= 4 is 23.0 Å². The first kappa shape index (κ1) is 14.4. The number of hydrogen-bond donors (Lipinski definition) is 2. The van der Waals surface area contributed by atoms with Gasteiger partial charge in [-0.2, -0.15) is 0 Å². The van der Waals surface area contributed by atoms with E-state index in [4.69, 9.17) is 5.11 Å². The number of rotatable bonds is 4. The summed E-state index contributed by atoms with van der Waals surface area (Å²) in [4.78, 5) is 21.4. The van der Waals surface area contributed by atoms with Gasteiger partial charge in [0.1, 0.15) is 5.82 Å². The van der Waals surface area contributed by atoms with Crippen LogP contribution in [-0.4, -0.2) is 16.0 Å². The lowest BCUT2D eigenvalue weighted by Crippen LogP contribution is -2.05. The maximum Gasteiger partial charge on any atom is 0.337 e. The highest BCUT2D eigenvalue weighted by Crippen LogP contribution is 2.28. The van der Waals surface area contributed by atoms with E-state index in [0.29, 0.717) is 5.56 Å². The van der Waals surface area contributed by atoms with Gasteiger partial charge >= 0.3 is 5.97 Å². The van der Waals surface area contributed by atoms with Gasteiger partial charge in [-0.05, 0) is 25.1 Å². The molecule has 2 aromatic rings. The summed E-state index contributed by atoms with van der Waals surface area (Å²) in [7, 11) is 0. The van der Waals surface area contributed by atoms with Crippen LogP contribution in [0.15, 0.2) is 36.4 Å². The Labute approximate surface area is 119 Å². The van der Waals surface area contributed by atoms with Crippen LogP contribution in [0.2, 0.25) is 0 Å². The van der Waals surface area contributed by atoms with E-state index in [2.05, 4.69) is 5.32 Å². The second kappa shape index (κ2) is 5.58. The molecule has 0 unspecified atom stereocenters. The number of nitro benzene ring substituents is 1. The van der Waals surface area contributed by atoms with E-state index in [0.717, 1.165) is 6.07 Å². The minimum atomic E-state index is -1.29. The van der Waals surface area contributed by atoms with Gasteiger partial charge in [-0.1, -0.05) is 12.1 Å². The van der Waals surface area contributed by atoms with Crippen LogP contribution in [-0.2, 0) is 0 Å². The molecule has 0 aromatic heterocycles. The Morgan fingerprint density at radius 1 is 1.33 bits per heavy atom. The Kier molecular flexibility index (Phi) is 3.84. The second-order valence-corrected chi connectivity index (χ2v) is 4.35. The summed E-state index contributed by atoms with van der Waals surface area (Å²) in [5.41, 5.74) is 0.0760. The highest BCUT2D eigenvalue weighted by molar-refractivity contribution is 5.95. The van der Waals surface area contributed by atoms with Crippen molar-refractivity contribution in [3.63, 3.8) is 0 Å². The summed E-state index contributed by atoms with van der Waals surface area (Å²) in [5, 5.41) is 22.5. The lowest BCUT2D eigenvalue weighted by molar-refractivity contribution is -0.385. The number of anilines is 2. The van der Waals surface area contributed by atoms with E-state index < -0.39 is 16.7 Å². The van der Waals surface area contributed by atoms with Gasteiger partial charge in [-0.15, -0.1) is 0 Å². The molecule has 21 heavy (non-hydrogen) atoms. The first-order valence-corrected chi connectivity index (χ1v) is 5.94. The molecule has 0 atom stereocenters. The first-order chi connectivity index (χ1) is 9.90. The Bertz CT molecular complexity index is 731. The zero-order valence-electron chi connectivity index (χ0n) is 11.0. The number of hydrogen-bond acceptors (Lipinski definition) is 4. The van der Waals surface area contributed by atoms with Gasteiger partial charge in [-0.25, -0.2) is 9.18 Å². The van der Waals surface area contributed by atoms with Crippen molar-refractivity contribution in [2.24, 2.45) is 0 Å². The molecule has 0 fully saturated rings. The summed E-state index contributed by atoms with van der Waals surface area (Å²) < 4.78 is 13.8. The quantitative estimate of drug-likeness (QED) is 0.664. The number of nitrogens with zero attached hydrogens (tertiary/aromatic N) is 1. The lowest BCUT2D eigenvalue weighted by Gasteiger charge is -2.11. The molecule has 0 aliphatic heterocycles. The summed E-state index contributed by atoms with van der Waals surface area (Å²) in [6.45, 7) is 1.58. The molecule has 0 saturated carbocycles. The van der Waals surface area contributed by atoms with Crippen LogP contribution in [0.1, 0.15) is 15.9 Å². The van der Waals surface area contributed by atoms with Crippen molar-refractivity contribution in [2.45, 2.75) is 6.92 Å². The molecule has 6 nitrogen and oxygen atoms in total. The van der Waals surface area contributed by atoms with Crippen molar-refractivity contribution < 1.29 is 19.2 Å². The fraction of sp³-hybridized carbons (Fsp3) is 0.0714. The number of carbonyl (C=O) groups is 1. The molecule has 0 aliphatic carbocycles. The van der Waals surface area contributed by atoms with Crippen LogP contribution >= 0.6 is 0 Å². The van der Waals surface area contributed by atoms with Gasteiger partial charge in [0.2, 0.25) is 0 Å². The van der Waals surface area contributed by atoms with E-state index >= 15 is 0 Å². The molecule has 0 bridgehead atoms. The number of aryl methyl sites for hydroxylation is 1. The third-order valence-electron chi connectivity index (χ3n) is 2.92. The van der Waals surface area contributed by atoms with E-state index in [1.807, 2.05) is 0 Å². The van der Waals surface area contributed by atoms with Crippen LogP contribution in [0, 0.1) is 22.9 Å². The first-order valence-electron chi connectivity index (χ1n) is 5.94. The third-order valence-corrected chi connectivity index (χ3v) is 2.92. The molecule has 0 heterocycles. The predicted molar refractivity (Wildman–Crippen MR) is 74.5 cm³/mol. The number of carboxylic acids is 1. The average Bonchev–Trinajstić information content (AvgIpc) is 2.42. The maximum atomic E-state index is 13.8. The molecule has 2 aromatic carbocycles. The SMILES string of the molecule is Cc1ccc(Nc2c(F)cccc2C(=O)O)cc1[N+](=O)[O-]. The summed E-state index contributed by atoms with van der Waals surface area (Å²) in [5.74, 6) is -2.04. The topological polar surface area (TPSA) is 92.5 Å². The highest BCUT2D eigenvalue weighted by atomic mass is 19.1. The Hall–Kier alpha value is -2.96. The molecule has 0 spiro atoms. The fourth-order valence-corrected chi connectivity index (χ4v) is 1.86. The molecule has 7 heteroatoms. The summed E-state index contributed by atoms with van der Waals surface area (Å²) in [6, 6.07) is 7.88. The molecular weight excluding hydrogens is 279 g/mol. The Balaban J connectivity index is 2.46. The standard InChI is InChI=1S/C14H11FN2O4/c1-8-5-6-9(7-12(8)17(20)21)16-13-10(14(18)19)3-2-4-11(13)15/h2-7,16H,1H3,(H,18,19).